The first-order chi connectivity index (χ1) is 18.1. The third kappa shape index (κ3) is 3.78. The minimum Gasteiger partial charge on any atom is -0.462 e. The van der Waals surface area contributed by atoms with Crippen LogP contribution in [-0.2, 0) is 38.0 Å². The maximum atomic E-state index is 13.0. The highest BCUT2D eigenvalue weighted by molar-refractivity contribution is 5.83. The predicted molar refractivity (Wildman–Crippen MR) is 134 cm³/mol. The minimum atomic E-state index is -0.786. The molecule has 206 valence electrons. The maximum absolute atomic E-state index is 13.0. The van der Waals surface area contributed by atoms with Crippen molar-refractivity contribution in [1.29, 1.82) is 0 Å². The first-order valence-corrected chi connectivity index (χ1v) is 13.4. The number of fused-ring (bicyclic) bond motifs is 1. The molecule has 6 rings (SSSR count). The molecule has 3 saturated heterocycles. The highest BCUT2D eigenvalue weighted by Crippen LogP contribution is 2.74. The Morgan fingerprint density at radius 1 is 1.08 bits per heavy atom. The fourth-order valence-electron chi connectivity index (χ4n) is 7.26. The largest absolute Gasteiger partial charge is 0.462 e. The molecule has 9 heteroatoms. The molecule has 2 bridgehead atoms. The van der Waals surface area contributed by atoms with Crippen molar-refractivity contribution >= 4 is 11.9 Å². The van der Waals surface area contributed by atoms with E-state index in [-0.39, 0.29) is 31.0 Å². The van der Waals surface area contributed by atoms with Crippen LogP contribution in [0.1, 0.15) is 40.5 Å². The normalized spacial score (nSPS) is 50.0. The lowest BCUT2D eigenvalue weighted by atomic mass is 9.51. The zero-order valence-electron chi connectivity index (χ0n) is 22.3. The third-order valence-corrected chi connectivity index (χ3v) is 9.58. The topological polar surface area (TPSA) is 116 Å². The average molecular weight is 529 g/mol. The lowest BCUT2D eigenvalue weighted by Gasteiger charge is -2.57. The monoisotopic (exact) mass is 528 g/mol. The van der Waals surface area contributed by atoms with Gasteiger partial charge in [0.2, 0.25) is 0 Å². The van der Waals surface area contributed by atoms with Gasteiger partial charge in [0.15, 0.2) is 0 Å². The van der Waals surface area contributed by atoms with Crippen molar-refractivity contribution in [2.75, 3.05) is 19.8 Å². The Morgan fingerprint density at radius 2 is 1.87 bits per heavy atom. The fraction of sp³-hybridized carbons (Fsp3) is 0.655. The molecule has 10 atom stereocenters. The smallest absolute Gasteiger partial charge is 0.331 e. The molecule has 6 aliphatic rings. The standard InChI is InChI=1S/C29H36O9/c1-16-9-10-33-19(18(3)30)7-5-6-8-23(31)37-20-13-22-29(15-35-29)27(20,4)28(14-34-24(32)11-16)21(36-22)12-17(2)25-26(28)38-25/h5-8,11-12,18-22,25-26,30H,9-10,13-15H2,1-4H3/b7-5+,8-6-,16-11+/t18-,19+,20-,21-,22-,25+,26+,27-,28-,29+/m1/s1. The molecule has 1 saturated carbocycles. The molecule has 2 spiro atoms. The fourth-order valence-corrected chi connectivity index (χ4v) is 7.26. The number of carbonyl (C=O) groups excluding carboxylic acids is 2. The van der Waals surface area contributed by atoms with Gasteiger partial charge in [-0.2, -0.15) is 0 Å². The van der Waals surface area contributed by atoms with E-state index in [2.05, 4.69) is 13.0 Å². The summed E-state index contributed by atoms with van der Waals surface area (Å²) < 4.78 is 36.8. The number of aliphatic hydroxyl groups excluding tert-OH is 1. The molecular formula is C29H36O9. The van der Waals surface area contributed by atoms with Gasteiger partial charge in [0, 0.05) is 18.6 Å². The van der Waals surface area contributed by atoms with E-state index < -0.39 is 46.7 Å². The quantitative estimate of drug-likeness (QED) is 0.311. The molecule has 4 aliphatic heterocycles. The molecule has 4 heterocycles. The molecule has 0 aromatic carbocycles. The van der Waals surface area contributed by atoms with Crippen LogP contribution in [0.25, 0.3) is 0 Å². The number of cyclic esters (lactones) is 1. The Hall–Kier alpha value is -2.30. The Balaban J connectivity index is 1.38. The molecule has 38 heavy (non-hydrogen) atoms. The zero-order valence-corrected chi connectivity index (χ0v) is 22.3. The van der Waals surface area contributed by atoms with Crippen molar-refractivity contribution in [3.63, 3.8) is 0 Å². The molecule has 0 unspecified atom stereocenters. The van der Waals surface area contributed by atoms with Gasteiger partial charge in [-0.05, 0) is 32.8 Å². The summed E-state index contributed by atoms with van der Waals surface area (Å²) in [6.45, 7) is 8.45. The number of ether oxygens (including phenoxy) is 6. The summed E-state index contributed by atoms with van der Waals surface area (Å²) in [5.74, 6) is -0.948. The summed E-state index contributed by atoms with van der Waals surface area (Å²) in [6, 6.07) is 0. The van der Waals surface area contributed by atoms with Gasteiger partial charge in [0.1, 0.15) is 36.6 Å². The number of hydrogen-bond donors (Lipinski definition) is 1. The molecule has 9 nitrogen and oxygen atoms in total. The molecule has 0 radical (unpaired) electrons. The predicted octanol–water partition coefficient (Wildman–Crippen LogP) is 2.33. The minimum absolute atomic E-state index is 0.0484. The van der Waals surface area contributed by atoms with Gasteiger partial charge in [0.25, 0.3) is 0 Å². The molecule has 0 aromatic rings. The summed E-state index contributed by atoms with van der Waals surface area (Å²) in [7, 11) is 0. The molecule has 0 amide bonds. The van der Waals surface area contributed by atoms with Gasteiger partial charge < -0.3 is 33.5 Å². The Kier molecular flexibility index (Phi) is 6.23. The zero-order chi connectivity index (χ0) is 26.9. The van der Waals surface area contributed by atoms with Crippen molar-refractivity contribution < 1.29 is 43.1 Å². The Labute approximate surface area is 222 Å². The van der Waals surface area contributed by atoms with E-state index in [1.807, 2.05) is 13.8 Å². The van der Waals surface area contributed by atoms with Gasteiger partial charge in [-0.3, -0.25) is 0 Å². The van der Waals surface area contributed by atoms with Crippen LogP contribution >= 0.6 is 0 Å². The lowest BCUT2D eigenvalue weighted by molar-refractivity contribution is -0.235. The molecule has 0 aromatic heterocycles. The molecule has 2 aliphatic carbocycles. The Morgan fingerprint density at radius 3 is 2.61 bits per heavy atom. The van der Waals surface area contributed by atoms with Gasteiger partial charge in [-0.1, -0.05) is 36.8 Å². The number of allylic oxidation sites excluding steroid dienone is 2. The number of rotatable bonds is 1. The van der Waals surface area contributed by atoms with E-state index in [1.165, 1.54) is 12.2 Å². The second kappa shape index (κ2) is 9.13. The highest BCUT2D eigenvalue weighted by atomic mass is 16.7. The third-order valence-electron chi connectivity index (χ3n) is 9.58. The summed E-state index contributed by atoms with van der Waals surface area (Å²) in [4.78, 5) is 26.0. The van der Waals surface area contributed by atoms with Gasteiger partial charge >= 0.3 is 11.9 Å². The van der Waals surface area contributed by atoms with E-state index in [0.717, 1.165) is 11.1 Å². The summed E-state index contributed by atoms with van der Waals surface area (Å²) in [5, 5.41) is 10.1. The van der Waals surface area contributed by atoms with Crippen LogP contribution in [0.2, 0.25) is 0 Å². The number of hydrogen-bond acceptors (Lipinski definition) is 9. The average Bonchev–Trinajstić information content (AvgIpc) is 3.76. The second-order valence-electron chi connectivity index (χ2n) is 11.7. The first kappa shape index (κ1) is 26.0. The van der Waals surface area contributed by atoms with Crippen LogP contribution in [0.4, 0.5) is 0 Å². The molecular weight excluding hydrogens is 492 g/mol. The van der Waals surface area contributed by atoms with E-state index in [0.29, 0.717) is 26.1 Å². The van der Waals surface area contributed by atoms with Crippen LogP contribution in [-0.4, -0.2) is 85.2 Å². The van der Waals surface area contributed by atoms with Crippen molar-refractivity contribution in [1.82, 2.24) is 0 Å². The van der Waals surface area contributed by atoms with Crippen LogP contribution in [0, 0.1) is 10.8 Å². The van der Waals surface area contributed by atoms with Crippen molar-refractivity contribution in [2.24, 2.45) is 10.8 Å². The SMILES string of the molecule is CC1=C[C@H]2O[C@@H]3C[C@H]4OC(=O)/C=C\C=C\[C@@H]([C@@H](C)O)OCC/C(C)=C/C(=O)OC[C@@]2([C@H]2O[C@@H]12)[C@]4(C)[C@]31CO1. The van der Waals surface area contributed by atoms with E-state index >= 15 is 0 Å². The number of aliphatic hydroxyl groups is 1. The number of esters is 2. The summed E-state index contributed by atoms with van der Waals surface area (Å²) in [6.07, 6.45) is 8.09. The van der Waals surface area contributed by atoms with Crippen LogP contribution in [0.3, 0.4) is 0 Å². The van der Waals surface area contributed by atoms with Gasteiger partial charge in [-0.25, -0.2) is 9.59 Å². The van der Waals surface area contributed by atoms with E-state index in [1.54, 1.807) is 25.2 Å². The van der Waals surface area contributed by atoms with E-state index in [4.69, 9.17) is 28.4 Å². The summed E-state index contributed by atoms with van der Waals surface area (Å²) in [5.41, 5.74) is -0.222. The lowest BCUT2D eigenvalue weighted by Crippen LogP contribution is -2.69. The van der Waals surface area contributed by atoms with Crippen LogP contribution < -0.4 is 0 Å². The van der Waals surface area contributed by atoms with Gasteiger partial charge in [-0.15, -0.1) is 0 Å². The molecule has 4 fully saturated rings. The number of carbonyl (C=O) groups is 2. The molecule has 1 N–H and O–H groups in total. The maximum Gasteiger partial charge on any atom is 0.331 e. The van der Waals surface area contributed by atoms with Gasteiger partial charge in [0.05, 0.1) is 42.4 Å². The highest BCUT2D eigenvalue weighted by Gasteiger charge is 2.87. The van der Waals surface area contributed by atoms with E-state index in [9.17, 15) is 14.7 Å². The Bertz CT molecular complexity index is 1130. The van der Waals surface area contributed by atoms with Crippen molar-refractivity contribution in [2.45, 2.75) is 88.9 Å². The van der Waals surface area contributed by atoms with Crippen molar-refractivity contribution in [3.05, 3.63) is 47.6 Å². The second-order valence-corrected chi connectivity index (χ2v) is 11.7. The van der Waals surface area contributed by atoms with Crippen molar-refractivity contribution in [3.8, 4) is 0 Å². The first-order valence-electron chi connectivity index (χ1n) is 13.4. The summed E-state index contributed by atoms with van der Waals surface area (Å²) >= 11 is 0. The van der Waals surface area contributed by atoms with Crippen LogP contribution in [0.5, 0.6) is 0 Å². The van der Waals surface area contributed by atoms with Crippen LogP contribution in [0.15, 0.2) is 47.6 Å². The number of epoxide rings is 2.